The summed E-state index contributed by atoms with van der Waals surface area (Å²) < 4.78 is 13.8. The fraction of sp³-hybridized carbons (Fsp3) is 0.533. The molecule has 0 aromatic heterocycles. The second kappa shape index (κ2) is 8.51. The average Bonchev–Trinajstić information content (AvgIpc) is 2.38. The van der Waals surface area contributed by atoms with Gasteiger partial charge in [-0.2, -0.15) is 0 Å². The maximum absolute atomic E-state index is 13.1. The molecule has 0 atom stereocenters. The van der Waals surface area contributed by atoms with Gasteiger partial charge in [-0.25, -0.2) is 4.39 Å². The fourth-order valence-electron chi connectivity index (χ4n) is 1.85. The van der Waals surface area contributed by atoms with E-state index >= 15 is 0 Å². The van der Waals surface area contributed by atoms with Gasteiger partial charge in [0.1, 0.15) is 5.82 Å². The molecule has 1 aromatic carbocycles. The first-order valence-electron chi connectivity index (χ1n) is 6.84. The van der Waals surface area contributed by atoms with E-state index in [4.69, 9.17) is 0 Å². The highest BCUT2D eigenvalue weighted by Gasteiger charge is 2.17. The first kappa shape index (κ1) is 16.4. The lowest BCUT2D eigenvalue weighted by Crippen LogP contribution is -2.33. The molecule has 0 unspecified atom stereocenters. The Balaban J connectivity index is 2.84. The van der Waals surface area contributed by atoms with Gasteiger partial charge in [0.15, 0.2) is 0 Å². The summed E-state index contributed by atoms with van der Waals surface area (Å²) in [6.45, 7) is 5.79. The highest BCUT2D eigenvalue weighted by molar-refractivity contribution is 14.1. The molecule has 4 heteroatoms. The third-order valence-electron chi connectivity index (χ3n) is 3.01. The van der Waals surface area contributed by atoms with Crippen molar-refractivity contribution >= 4 is 28.5 Å². The van der Waals surface area contributed by atoms with Gasteiger partial charge >= 0.3 is 0 Å². The Hall–Kier alpha value is -0.650. The molecule has 1 rings (SSSR count). The number of hydrogen-bond donors (Lipinski definition) is 0. The molecule has 0 aliphatic heterocycles. The number of hydrogen-bond acceptors (Lipinski definition) is 1. The van der Waals surface area contributed by atoms with Crippen LogP contribution in [0.4, 0.5) is 4.39 Å². The fourth-order valence-corrected chi connectivity index (χ4v) is 2.55. The van der Waals surface area contributed by atoms with Gasteiger partial charge in [-0.1, -0.05) is 26.7 Å². The largest absolute Gasteiger partial charge is 0.339 e. The normalized spacial score (nSPS) is 10.5. The highest BCUT2D eigenvalue weighted by atomic mass is 127. The number of halogens is 2. The van der Waals surface area contributed by atoms with Crippen molar-refractivity contribution in [3.05, 3.63) is 33.1 Å². The zero-order chi connectivity index (χ0) is 14.3. The minimum absolute atomic E-state index is 0.0197. The lowest BCUT2D eigenvalue weighted by atomic mass is 10.1. The van der Waals surface area contributed by atoms with Crippen molar-refractivity contribution in [1.82, 2.24) is 4.90 Å². The molecule has 0 aliphatic rings. The zero-order valence-electron chi connectivity index (χ0n) is 11.6. The monoisotopic (exact) mass is 377 g/mol. The Morgan fingerprint density at radius 3 is 2.26 bits per heavy atom. The summed E-state index contributed by atoms with van der Waals surface area (Å²) in [4.78, 5) is 14.4. The third-order valence-corrected chi connectivity index (χ3v) is 3.90. The van der Waals surface area contributed by atoms with Crippen LogP contribution >= 0.6 is 22.6 Å². The first-order chi connectivity index (χ1) is 9.10. The lowest BCUT2D eigenvalue weighted by molar-refractivity contribution is 0.0750. The van der Waals surface area contributed by atoms with Crippen LogP contribution in [0.5, 0.6) is 0 Å². The molecule has 106 valence electrons. The summed E-state index contributed by atoms with van der Waals surface area (Å²) >= 11 is 2.02. The Morgan fingerprint density at radius 2 is 1.79 bits per heavy atom. The van der Waals surface area contributed by atoms with Crippen molar-refractivity contribution in [3.63, 3.8) is 0 Å². The van der Waals surface area contributed by atoms with E-state index < -0.39 is 0 Å². The van der Waals surface area contributed by atoms with Gasteiger partial charge in [0.2, 0.25) is 0 Å². The summed E-state index contributed by atoms with van der Waals surface area (Å²) in [5, 5.41) is 0. The van der Waals surface area contributed by atoms with Crippen LogP contribution in [0, 0.1) is 9.39 Å². The summed E-state index contributed by atoms with van der Waals surface area (Å²) in [5.74, 6) is -0.277. The van der Waals surface area contributed by atoms with E-state index in [1.54, 1.807) is 6.07 Å². The Morgan fingerprint density at radius 1 is 1.21 bits per heavy atom. The number of carbonyl (C=O) groups is 1. The van der Waals surface area contributed by atoms with Crippen LogP contribution in [0.15, 0.2) is 18.2 Å². The van der Waals surface area contributed by atoms with Crippen molar-refractivity contribution in [2.45, 2.75) is 39.5 Å². The van der Waals surface area contributed by atoms with Gasteiger partial charge in [-0.15, -0.1) is 0 Å². The first-order valence-corrected chi connectivity index (χ1v) is 7.92. The molecule has 1 aromatic rings. The summed E-state index contributed by atoms with van der Waals surface area (Å²) in [6.07, 6.45) is 4.15. The third kappa shape index (κ3) is 5.09. The number of carbonyl (C=O) groups excluding carboxylic acids is 1. The maximum atomic E-state index is 13.1. The predicted octanol–water partition coefficient (Wildman–Crippen LogP) is 4.47. The van der Waals surface area contributed by atoms with Crippen LogP contribution in [0.25, 0.3) is 0 Å². The molecule has 19 heavy (non-hydrogen) atoms. The van der Waals surface area contributed by atoms with Crippen molar-refractivity contribution in [2.24, 2.45) is 0 Å². The second-order valence-electron chi connectivity index (χ2n) is 4.62. The molecule has 2 nitrogen and oxygen atoms in total. The van der Waals surface area contributed by atoms with Crippen LogP contribution < -0.4 is 0 Å². The van der Waals surface area contributed by atoms with Crippen molar-refractivity contribution in [1.29, 1.82) is 0 Å². The Labute approximate surface area is 128 Å². The minimum Gasteiger partial charge on any atom is -0.339 e. The smallest absolute Gasteiger partial charge is 0.254 e. The predicted molar refractivity (Wildman–Crippen MR) is 84.8 cm³/mol. The van der Waals surface area contributed by atoms with Crippen LogP contribution in [-0.2, 0) is 0 Å². The second-order valence-corrected chi connectivity index (χ2v) is 5.79. The van der Waals surface area contributed by atoms with Crippen LogP contribution in [-0.4, -0.2) is 23.9 Å². The molecule has 0 heterocycles. The minimum atomic E-state index is -0.297. The average molecular weight is 377 g/mol. The lowest BCUT2D eigenvalue weighted by Gasteiger charge is -2.23. The molecule has 0 fully saturated rings. The van der Waals surface area contributed by atoms with E-state index in [2.05, 4.69) is 13.8 Å². The van der Waals surface area contributed by atoms with E-state index in [1.165, 1.54) is 12.1 Å². The number of nitrogens with zero attached hydrogens (tertiary/aromatic N) is 1. The SMILES string of the molecule is CCCCN(CCCC)C(=O)c1ccc(F)cc1I. The Kier molecular flexibility index (Phi) is 7.34. The molecule has 0 radical (unpaired) electrons. The number of rotatable bonds is 7. The van der Waals surface area contributed by atoms with Crippen molar-refractivity contribution in [2.75, 3.05) is 13.1 Å². The summed E-state index contributed by atoms with van der Waals surface area (Å²) in [7, 11) is 0. The van der Waals surface area contributed by atoms with E-state index in [9.17, 15) is 9.18 Å². The van der Waals surface area contributed by atoms with Gasteiger partial charge in [0.25, 0.3) is 5.91 Å². The highest BCUT2D eigenvalue weighted by Crippen LogP contribution is 2.17. The zero-order valence-corrected chi connectivity index (χ0v) is 13.7. The van der Waals surface area contributed by atoms with Gasteiger partial charge in [-0.3, -0.25) is 4.79 Å². The van der Waals surface area contributed by atoms with Crippen LogP contribution in [0.1, 0.15) is 49.9 Å². The maximum Gasteiger partial charge on any atom is 0.254 e. The van der Waals surface area contributed by atoms with Gasteiger partial charge in [0, 0.05) is 16.7 Å². The van der Waals surface area contributed by atoms with E-state index in [1.807, 2.05) is 27.5 Å². The molecule has 0 saturated heterocycles. The van der Waals surface area contributed by atoms with E-state index in [-0.39, 0.29) is 11.7 Å². The van der Waals surface area contributed by atoms with Gasteiger partial charge in [-0.05, 0) is 53.6 Å². The van der Waals surface area contributed by atoms with Gasteiger partial charge in [0.05, 0.1) is 5.56 Å². The van der Waals surface area contributed by atoms with Gasteiger partial charge < -0.3 is 4.90 Å². The van der Waals surface area contributed by atoms with E-state index in [0.29, 0.717) is 9.13 Å². The number of benzene rings is 1. The molecule has 0 bridgehead atoms. The molecule has 1 amide bonds. The molecule has 0 spiro atoms. The summed E-state index contributed by atoms with van der Waals surface area (Å²) in [6, 6.07) is 4.35. The quantitative estimate of drug-likeness (QED) is 0.642. The standard InChI is InChI=1S/C15H21FINO/c1-3-5-9-18(10-6-4-2)15(19)13-8-7-12(16)11-14(13)17/h7-8,11H,3-6,9-10H2,1-2H3. The van der Waals surface area contributed by atoms with Crippen LogP contribution in [0.3, 0.4) is 0 Å². The number of unbranched alkanes of at least 4 members (excludes halogenated alkanes) is 2. The molecular weight excluding hydrogens is 356 g/mol. The molecule has 0 aliphatic carbocycles. The topological polar surface area (TPSA) is 20.3 Å². The molecular formula is C15H21FINO. The summed E-state index contributed by atoms with van der Waals surface area (Å²) in [5.41, 5.74) is 0.606. The Bertz CT molecular complexity index is 415. The van der Waals surface area contributed by atoms with Crippen molar-refractivity contribution in [3.8, 4) is 0 Å². The molecule has 0 N–H and O–H groups in total. The molecule has 0 saturated carbocycles. The number of amides is 1. The van der Waals surface area contributed by atoms with Crippen molar-refractivity contribution < 1.29 is 9.18 Å². The van der Waals surface area contributed by atoms with Crippen LogP contribution in [0.2, 0.25) is 0 Å². The van der Waals surface area contributed by atoms with E-state index in [0.717, 1.165) is 38.8 Å².